The Kier molecular flexibility index (Phi) is 14.0. The molecule has 0 N–H and O–H groups in total. The number of nitrogens with zero attached hydrogens (tertiary/aromatic N) is 10. The minimum absolute atomic E-state index is 0.278. The van der Waals surface area contributed by atoms with Crippen LogP contribution in [0, 0.1) is 0 Å². The van der Waals surface area contributed by atoms with Crippen LogP contribution in [0.25, 0.3) is 0 Å². The SMILES string of the molecule is CC(C)(C)OC(=O)N1CCC(c2ccccc2)(c2nnn(Cc3ccc(Cl)cc3)n2)CC1.CC(C)(C)OC(=O)N1CCC(c2ccccc2)(c2nnnn2Cc2ccc(Cl)cc2)CC1. The number of tetrazole rings is 2. The highest BCUT2D eigenvalue weighted by Crippen LogP contribution is 2.42. The summed E-state index contributed by atoms with van der Waals surface area (Å²) in [6.45, 7) is 14.6. The Morgan fingerprint density at radius 3 is 1.48 bits per heavy atom. The summed E-state index contributed by atoms with van der Waals surface area (Å²) < 4.78 is 13.0. The van der Waals surface area contributed by atoms with Crippen LogP contribution in [-0.4, -0.2) is 99.8 Å². The number of rotatable bonds is 8. The van der Waals surface area contributed by atoms with Crippen molar-refractivity contribution in [2.45, 2.75) is 102 Å². The maximum atomic E-state index is 12.6. The fourth-order valence-electron chi connectivity index (χ4n) is 8.26. The second-order valence-corrected chi connectivity index (χ2v) is 19.3. The minimum atomic E-state index is -0.520. The zero-order chi connectivity index (χ0) is 45.5. The molecule has 4 heterocycles. The predicted octanol–water partition coefficient (Wildman–Crippen LogP) is 9.38. The molecule has 0 aliphatic carbocycles. The highest BCUT2D eigenvalue weighted by atomic mass is 35.5. The van der Waals surface area contributed by atoms with Crippen LogP contribution in [0.1, 0.15) is 101 Å². The fourth-order valence-corrected chi connectivity index (χ4v) is 8.52. The third kappa shape index (κ3) is 11.3. The van der Waals surface area contributed by atoms with Gasteiger partial charge in [-0.15, -0.1) is 15.3 Å². The minimum Gasteiger partial charge on any atom is -0.444 e. The van der Waals surface area contributed by atoms with E-state index in [0.29, 0.717) is 80.8 Å². The molecule has 0 atom stereocenters. The van der Waals surface area contributed by atoms with Gasteiger partial charge in [-0.05, 0) is 129 Å². The molecule has 8 rings (SSSR count). The summed E-state index contributed by atoms with van der Waals surface area (Å²) in [6, 6.07) is 35.9. The Labute approximate surface area is 384 Å². The van der Waals surface area contributed by atoms with Crippen molar-refractivity contribution in [1.29, 1.82) is 0 Å². The number of halogens is 2. The quantitative estimate of drug-likeness (QED) is 0.145. The Balaban J connectivity index is 0.000000191. The molecule has 14 nitrogen and oxygen atoms in total. The number of likely N-dealkylation sites (tertiary alicyclic amines) is 2. The van der Waals surface area contributed by atoms with Crippen molar-refractivity contribution in [3.8, 4) is 0 Å². The van der Waals surface area contributed by atoms with Crippen LogP contribution in [0.15, 0.2) is 109 Å². The standard InChI is InChI=1S/2C24H28ClN5O2/c1-23(2,3)32-22(31)29-15-13-24(14-16-29,19-7-5-4-6-8-19)21-26-27-28-30(21)17-18-9-11-20(25)12-10-18;1-23(2,3)32-22(31)29-15-13-24(14-16-29,19-7-5-4-6-8-19)21-26-28-30(27-21)17-18-9-11-20(25)12-10-18/h2*4-12H,13-17H2,1-3H3. The van der Waals surface area contributed by atoms with Crippen LogP contribution < -0.4 is 0 Å². The molecular weight excluding hydrogens is 851 g/mol. The number of benzene rings is 4. The molecule has 2 aliphatic heterocycles. The zero-order valence-electron chi connectivity index (χ0n) is 37.3. The number of aromatic nitrogens is 8. The van der Waals surface area contributed by atoms with Crippen molar-refractivity contribution in [3.05, 3.63) is 153 Å². The van der Waals surface area contributed by atoms with Crippen LogP contribution in [0.3, 0.4) is 0 Å². The van der Waals surface area contributed by atoms with Crippen molar-refractivity contribution >= 4 is 35.4 Å². The van der Waals surface area contributed by atoms with E-state index in [4.69, 9.17) is 37.8 Å². The molecule has 64 heavy (non-hydrogen) atoms. The summed E-state index contributed by atoms with van der Waals surface area (Å²) in [6.07, 6.45) is 2.25. The summed E-state index contributed by atoms with van der Waals surface area (Å²) in [7, 11) is 0. The lowest BCUT2D eigenvalue weighted by molar-refractivity contribution is 0.0165. The predicted molar refractivity (Wildman–Crippen MR) is 245 cm³/mol. The van der Waals surface area contributed by atoms with Crippen molar-refractivity contribution in [3.63, 3.8) is 0 Å². The Morgan fingerprint density at radius 1 is 0.578 bits per heavy atom. The summed E-state index contributed by atoms with van der Waals surface area (Å²) in [4.78, 5) is 30.4. The third-order valence-electron chi connectivity index (χ3n) is 11.5. The average molecular weight is 908 g/mol. The molecule has 0 bridgehead atoms. The topological polar surface area (TPSA) is 146 Å². The monoisotopic (exact) mass is 906 g/mol. The van der Waals surface area contributed by atoms with E-state index >= 15 is 0 Å². The van der Waals surface area contributed by atoms with Gasteiger partial charge in [-0.3, -0.25) is 0 Å². The van der Waals surface area contributed by atoms with Gasteiger partial charge in [0.25, 0.3) is 0 Å². The number of hydrogen-bond donors (Lipinski definition) is 0. The molecule has 0 unspecified atom stereocenters. The van der Waals surface area contributed by atoms with Crippen LogP contribution in [0.5, 0.6) is 0 Å². The van der Waals surface area contributed by atoms with Crippen LogP contribution in [0.2, 0.25) is 10.0 Å². The first-order valence-electron chi connectivity index (χ1n) is 21.6. The molecule has 0 radical (unpaired) electrons. The lowest BCUT2D eigenvalue weighted by Gasteiger charge is -2.41. The van der Waals surface area contributed by atoms with Crippen molar-refractivity contribution in [2.24, 2.45) is 0 Å². The van der Waals surface area contributed by atoms with Gasteiger partial charge in [0.2, 0.25) is 0 Å². The molecule has 2 fully saturated rings. The highest BCUT2D eigenvalue weighted by molar-refractivity contribution is 6.30. The summed E-state index contributed by atoms with van der Waals surface area (Å²) in [5, 5.41) is 27.7. The molecular formula is C48H56Cl2N10O4. The average Bonchev–Trinajstić information content (AvgIpc) is 3.96. The molecule has 16 heteroatoms. The van der Waals surface area contributed by atoms with Gasteiger partial charge in [0, 0.05) is 36.2 Å². The second-order valence-electron chi connectivity index (χ2n) is 18.4. The van der Waals surface area contributed by atoms with Crippen molar-refractivity contribution in [1.82, 2.24) is 50.2 Å². The normalized spacial score (nSPS) is 16.1. The number of carbonyl (C=O) groups is 2. The number of ether oxygens (including phenoxy) is 2. The van der Waals surface area contributed by atoms with E-state index in [-0.39, 0.29) is 12.2 Å². The smallest absolute Gasteiger partial charge is 0.410 e. The molecule has 0 saturated carbocycles. The van der Waals surface area contributed by atoms with Gasteiger partial charge in [0.1, 0.15) is 11.2 Å². The molecule has 2 saturated heterocycles. The molecule has 2 aromatic heterocycles. The van der Waals surface area contributed by atoms with Crippen molar-refractivity contribution < 1.29 is 19.1 Å². The van der Waals surface area contributed by atoms with Gasteiger partial charge in [0.15, 0.2) is 11.6 Å². The van der Waals surface area contributed by atoms with Gasteiger partial charge in [-0.1, -0.05) is 108 Å². The first kappa shape index (κ1) is 46.1. The zero-order valence-corrected chi connectivity index (χ0v) is 38.8. The molecule has 4 aromatic carbocycles. The largest absolute Gasteiger partial charge is 0.444 e. The van der Waals surface area contributed by atoms with E-state index in [1.807, 2.05) is 131 Å². The Morgan fingerprint density at radius 2 is 1.02 bits per heavy atom. The van der Waals surface area contributed by atoms with Gasteiger partial charge < -0.3 is 19.3 Å². The molecule has 336 valence electrons. The van der Waals surface area contributed by atoms with Gasteiger partial charge in [-0.2, -0.15) is 4.80 Å². The van der Waals surface area contributed by atoms with E-state index in [1.165, 1.54) is 0 Å². The summed E-state index contributed by atoms with van der Waals surface area (Å²) in [5.74, 6) is 1.49. The van der Waals surface area contributed by atoms with Gasteiger partial charge in [-0.25, -0.2) is 14.3 Å². The lowest BCUT2D eigenvalue weighted by atomic mass is 9.72. The summed E-state index contributed by atoms with van der Waals surface area (Å²) >= 11 is 12.0. The van der Waals surface area contributed by atoms with E-state index in [1.54, 1.807) is 14.6 Å². The van der Waals surface area contributed by atoms with E-state index in [9.17, 15) is 9.59 Å². The van der Waals surface area contributed by atoms with Crippen LogP contribution in [-0.2, 0) is 33.4 Å². The first-order valence-corrected chi connectivity index (χ1v) is 22.4. The van der Waals surface area contributed by atoms with Gasteiger partial charge in [0.05, 0.1) is 23.9 Å². The molecule has 2 aliphatic rings. The fraction of sp³-hybridized carbons (Fsp3) is 0.417. The second kappa shape index (κ2) is 19.5. The van der Waals surface area contributed by atoms with Crippen LogP contribution >= 0.6 is 23.2 Å². The number of amides is 2. The summed E-state index contributed by atoms with van der Waals surface area (Å²) in [5.41, 5.74) is 2.56. The number of piperidine rings is 2. The highest BCUT2D eigenvalue weighted by Gasteiger charge is 2.45. The van der Waals surface area contributed by atoms with Crippen LogP contribution in [0.4, 0.5) is 9.59 Å². The Hall–Kier alpha value is -5.86. The third-order valence-corrected chi connectivity index (χ3v) is 12.0. The van der Waals surface area contributed by atoms with E-state index < -0.39 is 22.0 Å². The van der Waals surface area contributed by atoms with E-state index in [0.717, 1.165) is 28.1 Å². The molecule has 2 amide bonds. The van der Waals surface area contributed by atoms with Crippen molar-refractivity contribution in [2.75, 3.05) is 26.2 Å². The Bertz CT molecular complexity index is 2450. The maximum absolute atomic E-state index is 12.6. The molecule has 6 aromatic rings. The van der Waals surface area contributed by atoms with E-state index in [2.05, 4.69) is 50.1 Å². The number of carbonyl (C=O) groups excluding carboxylic acids is 2. The first-order chi connectivity index (χ1) is 30.5. The molecule has 0 spiro atoms. The maximum Gasteiger partial charge on any atom is 0.410 e. The van der Waals surface area contributed by atoms with Gasteiger partial charge >= 0.3 is 12.2 Å². The number of hydrogen-bond acceptors (Lipinski definition) is 10. The lowest BCUT2D eigenvalue weighted by Crippen LogP contribution is -2.48.